The smallest absolute Gasteiger partial charge is 0.143 e. The zero-order chi connectivity index (χ0) is 11.0. The minimum Gasteiger partial charge on any atom is -0.485 e. The van der Waals surface area contributed by atoms with Crippen molar-refractivity contribution in [3.63, 3.8) is 0 Å². The van der Waals surface area contributed by atoms with Crippen LogP contribution in [0.5, 0.6) is 5.75 Å². The molecule has 2 rings (SSSR count). The number of benzene rings is 1. The molecule has 3 nitrogen and oxygen atoms in total. The van der Waals surface area contributed by atoms with Crippen LogP contribution in [0, 0.1) is 13.8 Å². The van der Waals surface area contributed by atoms with E-state index in [1.807, 2.05) is 0 Å². The van der Waals surface area contributed by atoms with Crippen LogP contribution < -0.4 is 15.4 Å². The van der Waals surface area contributed by atoms with E-state index in [0.717, 1.165) is 12.3 Å². The van der Waals surface area contributed by atoms with Crippen molar-refractivity contribution in [3.8, 4) is 5.75 Å². The van der Waals surface area contributed by atoms with Crippen molar-refractivity contribution in [2.75, 3.05) is 25.0 Å². The monoisotopic (exact) mass is 206 g/mol. The lowest BCUT2D eigenvalue weighted by Gasteiger charge is -2.34. The normalized spacial score (nSPS) is 19.7. The standard InChI is InChI=1S/C12H18N2O/c1-8-4-9(2)12-11(5-8)15-10(6-13)7-14(12)3/h4-5,10H,6-7,13H2,1-3H3. The average Bonchev–Trinajstić information content (AvgIpc) is 2.15. The zero-order valence-electron chi connectivity index (χ0n) is 9.58. The van der Waals surface area contributed by atoms with E-state index in [1.165, 1.54) is 16.8 Å². The Morgan fingerprint density at radius 3 is 2.87 bits per heavy atom. The van der Waals surface area contributed by atoms with Crippen molar-refractivity contribution in [2.24, 2.45) is 5.73 Å². The highest BCUT2D eigenvalue weighted by Gasteiger charge is 2.23. The maximum atomic E-state index is 5.85. The molecule has 1 heterocycles. The molecule has 0 spiro atoms. The van der Waals surface area contributed by atoms with Crippen LogP contribution in [0.2, 0.25) is 0 Å². The van der Waals surface area contributed by atoms with Crippen LogP contribution in [0.15, 0.2) is 12.1 Å². The Morgan fingerprint density at radius 1 is 1.47 bits per heavy atom. The van der Waals surface area contributed by atoms with Crippen LogP contribution in [0.4, 0.5) is 5.69 Å². The summed E-state index contributed by atoms with van der Waals surface area (Å²) in [6, 6.07) is 4.27. The maximum absolute atomic E-state index is 5.85. The zero-order valence-corrected chi connectivity index (χ0v) is 9.58. The second kappa shape index (κ2) is 3.74. The number of ether oxygens (including phenoxy) is 1. The summed E-state index contributed by atoms with van der Waals surface area (Å²) in [7, 11) is 2.09. The molecule has 0 aliphatic carbocycles. The molecule has 0 saturated carbocycles. The minimum atomic E-state index is 0.115. The fourth-order valence-electron chi connectivity index (χ4n) is 2.24. The Morgan fingerprint density at radius 2 is 2.20 bits per heavy atom. The van der Waals surface area contributed by atoms with Gasteiger partial charge in [0.05, 0.1) is 12.2 Å². The van der Waals surface area contributed by atoms with Gasteiger partial charge < -0.3 is 15.4 Å². The van der Waals surface area contributed by atoms with Crippen LogP contribution in [0.25, 0.3) is 0 Å². The molecule has 2 N–H and O–H groups in total. The molecule has 1 aromatic rings. The quantitative estimate of drug-likeness (QED) is 0.756. The van der Waals surface area contributed by atoms with Crippen LogP contribution in [0.3, 0.4) is 0 Å². The largest absolute Gasteiger partial charge is 0.485 e. The van der Waals surface area contributed by atoms with Gasteiger partial charge in [-0.05, 0) is 31.0 Å². The number of likely N-dealkylation sites (N-methyl/N-ethyl adjacent to an activating group) is 1. The number of aryl methyl sites for hydroxylation is 2. The van der Waals surface area contributed by atoms with Gasteiger partial charge in [-0.3, -0.25) is 0 Å². The summed E-state index contributed by atoms with van der Waals surface area (Å²) >= 11 is 0. The van der Waals surface area contributed by atoms with Gasteiger partial charge in [0.15, 0.2) is 0 Å². The highest BCUT2D eigenvalue weighted by Crippen LogP contribution is 2.36. The van der Waals surface area contributed by atoms with Gasteiger partial charge in [-0.2, -0.15) is 0 Å². The molecule has 1 aliphatic heterocycles. The summed E-state index contributed by atoms with van der Waals surface area (Å²) in [6.45, 7) is 5.64. The summed E-state index contributed by atoms with van der Waals surface area (Å²) in [4.78, 5) is 2.23. The summed E-state index contributed by atoms with van der Waals surface area (Å²) in [5.41, 5.74) is 9.35. The molecule has 0 saturated heterocycles. The first-order valence-corrected chi connectivity index (χ1v) is 5.31. The fourth-order valence-corrected chi connectivity index (χ4v) is 2.24. The van der Waals surface area contributed by atoms with Crippen LogP contribution in [-0.4, -0.2) is 26.2 Å². The number of fused-ring (bicyclic) bond motifs is 1. The van der Waals surface area contributed by atoms with Gasteiger partial charge in [0.25, 0.3) is 0 Å². The highest BCUT2D eigenvalue weighted by atomic mass is 16.5. The molecule has 0 aromatic heterocycles. The third-order valence-electron chi connectivity index (χ3n) is 2.83. The number of nitrogens with zero attached hydrogens (tertiary/aromatic N) is 1. The van der Waals surface area contributed by atoms with Crippen LogP contribution in [-0.2, 0) is 0 Å². The van der Waals surface area contributed by atoms with Crippen LogP contribution in [0.1, 0.15) is 11.1 Å². The van der Waals surface area contributed by atoms with Gasteiger partial charge in [-0.1, -0.05) is 6.07 Å². The van der Waals surface area contributed by atoms with Gasteiger partial charge in [0.1, 0.15) is 11.9 Å². The lowest BCUT2D eigenvalue weighted by molar-refractivity contribution is 0.203. The van der Waals surface area contributed by atoms with E-state index >= 15 is 0 Å². The first-order valence-electron chi connectivity index (χ1n) is 5.31. The SMILES string of the molecule is Cc1cc(C)c2c(c1)OC(CN)CN2C. The molecule has 15 heavy (non-hydrogen) atoms. The predicted molar refractivity (Wildman–Crippen MR) is 62.7 cm³/mol. The Bertz CT molecular complexity index is 376. The van der Waals surface area contributed by atoms with E-state index in [-0.39, 0.29) is 6.10 Å². The summed E-state index contributed by atoms with van der Waals surface area (Å²) in [6.07, 6.45) is 0.115. The average molecular weight is 206 g/mol. The maximum Gasteiger partial charge on any atom is 0.143 e. The third-order valence-corrected chi connectivity index (χ3v) is 2.83. The highest BCUT2D eigenvalue weighted by molar-refractivity contribution is 5.65. The molecule has 1 aromatic carbocycles. The molecule has 82 valence electrons. The number of nitrogens with two attached hydrogens (primary N) is 1. The Kier molecular flexibility index (Phi) is 2.57. The number of anilines is 1. The molecule has 1 aliphatic rings. The van der Waals surface area contributed by atoms with E-state index < -0.39 is 0 Å². The lowest BCUT2D eigenvalue weighted by Crippen LogP contribution is -2.42. The molecule has 0 amide bonds. The number of rotatable bonds is 1. The van der Waals surface area contributed by atoms with Crippen LogP contribution >= 0.6 is 0 Å². The minimum absolute atomic E-state index is 0.115. The van der Waals surface area contributed by atoms with Crippen molar-refractivity contribution >= 4 is 5.69 Å². The van der Waals surface area contributed by atoms with Crippen molar-refractivity contribution in [1.82, 2.24) is 0 Å². The van der Waals surface area contributed by atoms with Gasteiger partial charge in [-0.15, -0.1) is 0 Å². The van der Waals surface area contributed by atoms with E-state index in [9.17, 15) is 0 Å². The summed E-state index contributed by atoms with van der Waals surface area (Å²) in [5, 5.41) is 0. The molecular weight excluding hydrogens is 188 g/mol. The molecule has 0 fully saturated rings. The van der Waals surface area contributed by atoms with Gasteiger partial charge in [-0.25, -0.2) is 0 Å². The molecule has 1 unspecified atom stereocenters. The van der Waals surface area contributed by atoms with E-state index in [1.54, 1.807) is 0 Å². The first kappa shape index (κ1) is 10.3. The third kappa shape index (κ3) is 1.79. The van der Waals surface area contributed by atoms with Gasteiger partial charge in [0.2, 0.25) is 0 Å². The lowest BCUT2D eigenvalue weighted by atomic mass is 10.1. The number of hydrogen-bond donors (Lipinski definition) is 1. The van der Waals surface area contributed by atoms with Gasteiger partial charge >= 0.3 is 0 Å². The van der Waals surface area contributed by atoms with Gasteiger partial charge in [0, 0.05) is 13.6 Å². The predicted octanol–water partition coefficient (Wildman–Crippen LogP) is 1.46. The first-order chi connectivity index (χ1) is 7.11. The Hall–Kier alpha value is -1.22. The number of hydrogen-bond acceptors (Lipinski definition) is 3. The second-order valence-electron chi connectivity index (χ2n) is 4.28. The van der Waals surface area contributed by atoms with Crippen molar-refractivity contribution in [1.29, 1.82) is 0 Å². The van der Waals surface area contributed by atoms with Crippen molar-refractivity contribution in [3.05, 3.63) is 23.3 Å². The Labute approximate surface area is 90.8 Å². The summed E-state index contributed by atoms with van der Waals surface area (Å²) in [5.74, 6) is 0.969. The molecule has 0 radical (unpaired) electrons. The topological polar surface area (TPSA) is 38.5 Å². The summed E-state index contributed by atoms with van der Waals surface area (Å²) < 4.78 is 5.85. The van der Waals surface area contributed by atoms with E-state index in [2.05, 4.69) is 37.9 Å². The van der Waals surface area contributed by atoms with E-state index in [0.29, 0.717) is 6.54 Å². The van der Waals surface area contributed by atoms with E-state index in [4.69, 9.17) is 10.5 Å². The fraction of sp³-hybridized carbons (Fsp3) is 0.500. The molecular formula is C12H18N2O. The molecule has 0 bridgehead atoms. The molecule has 1 atom stereocenters. The molecule has 3 heteroatoms. The van der Waals surface area contributed by atoms with Crippen molar-refractivity contribution < 1.29 is 4.74 Å². The Balaban J connectivity index is 2.45. The van der Waals surface area contributed by atoms with Crippen molar-refractivity contribution in [2.45, 2.75) is 20.0 Å². The second-order valence-corrected chi connectivity index (χ2v) is 4.28.